The SMILES string of the molecule is COc1cc(CN2CCC(N(C)c3cc(N(C)C)ncn3)C2)ccn1. The summed E-state index contributed by atoms with van der Waals surface area (Å²) in [7, 11) is 7.75. The summed E-state index contributed by atoms with van der Waals surface area (Å²) < 4.78 is 5.21. The number of hydrogen-bond donors (Lipinski definition) is 0. The summed E-state index contributed by atoms with van der Waals surface area (Å²) in [6.45, 7) is 3.00. The van der Waals surface area contributed by atoms with Crippen molar-refractivity contribution in [2.75, 3.05) is 51.1 Å². The molecule has 1 saturated heterocycles. The van der Waals surface area contributed by atoms with E-state index in [4.69, 9.17) is 4.74 Å². The van der Waals surface area contributed by atoms with Gasteiger partial charge in [0.25, 0.3) is 0 Å². The maximum Gasteiger partial charge on any atom is 0.213 e. The third-order valence-electron chi connectivity index (χ3n) is 4.67. The summed E-state index contributed by atoms with van der Waals surface area (Å²) in [5, 5.41) is 0. The van der Waals surface area contributed by atoms with Gasteiger partial charge in [0.05, 0.1) is 7.11 Å². The Labute approximate surface area is 149 Å². The molecule has 134 valence electrons. The fourth-order valence-corrected chi connectivity index (χ4v) is 3.15. The van der Waals surface area contributed by atoms with Gasteiger partial charge in [-0.05, 0) is 18.1 Å². The predicted octanol–water partition coefficient (Wildman–Crippen LogP) is 1.66. The fourth-order valence-electron chi connectivity index (χ4n) is 3.15. The molecule has 0 N–H and O–H groups in total. The van der Waals surface area contributed by atoms with Crippen LogP contribution in [-0.2, 0) is 6.54 Å². The molecule has 3 heterocycles. The number of pyridine rings is 1. The van der Waals surface area contributed by atoms with Crippen molar-refractivity contribution in [2.24, 2.45) is 0 Å². The normalized spacial score (nSPS) is 17.5. The predicted molar refractivity (Wildman–Crippen MR) is 99.2 cm³/mol. The van der Waals surface area contributed by atoms with Crippen LogP contribution in [0, 0.1) is 0 Å². The minimum absolute atomic E-state index is 0.452. The molecule has 2 aromatic heterocycles. The smallest absolute Gasteiger partial charge is 0.213 e. The van der Waals surface area contributed by atoms with Gasteiger partial charge in [-0.2, -0.15) is 0 Å². The molecule has 1 fully saturated rings. The molecule has 7 heteroatoms. The van der Waals surface area contributed by atoms with E-state index in [-0.39, 0.29) is 0 Å². The van der Waals surface area contributed by atoms with Crippen molar-refractivity contribution in [3.8, 4) is 5.88 Å². The maximum absolute atomic E-state index is 5.21. The van der Waals surface area contributed by atoms with Gasteiger partial charge in [-0.15, -0.1) is 0 Å². The first kappa shape index (κ1) is 17.4. The van der Waals surface area contributed by atoms with Crippen LogP contribution in [0.5, 0.6) is 5.88 Å². The van der Waals surface area contributed by atoms with E-state index in [9.17, 15) is 0 Å². The molecular weight excluding hydrogens is 316 g/mol. The molecule has 0 aromatic carbocycles. The number of ether oxygens (including phenoxy) is 1. The average molecular weight is 342 g/mol. The minimum Gasteiger partial charge on any atom is -0.481 e. The fraction of sp³-hybridized carbons (Fsp3) is 0.500. The van der Waals surface area contributed by atoms with E-state index in [0.717, 1.165) is 37.7 Å². The van der Waals surface area contributed by atoms with Crippen LogP contribution in [0.15, 0.2) is 30.7 Å². The van der Waals surface area contributed by atoms with Gasteiger partial charge in [-0.3, -0.25) is 4.90 Å². The zero-order valence-corrected chi connectivity index (χ0v) is 15.4. The summed E-state index contributed by atoms with van der Waals surface area (Å²) in [6.07, 6.45) is 4.56. The van der Waals surface area contributed by atoms with Crippen molar-refractivity contribution in [3.05, 3.63) is 36.3 Å². The topological polar surface area (TPSA) is 57.6 Å². The zero-order valence-electron chi connectivity index (χ0n) is 15.4. The number of nitrogens with zero attached hydrogens (tertiary/aromatic N) is 6. The van der Waals surface area contributed by atoms with E-state index in [1.807, 2.05) is 37.2 Å². The van der Waals surface area contributed by atoms with Crippen LogP contribution >= 0.6 is 0 Å². The van der Waals surface area contributed by atoms with E-state index in [1.165, 1.54) is 5.56 Å². The standard InChI is InChI=1S/C18H26N6O/c1-22(2)16-10-17(21-13-20-16)23(3)15-6-8-24(12-15)11-14-5-7-19-18(9-14)25-4/h5,7,9-10,13,15H,6,8,11-12H2,1-4H3. The van der Waals surface area contributed by atoms with Crippen LogP contribution in [0.25, 0.3) is 0 Å². The molecule has 0 radical (unpaired) electrons. The minimum atomic E-state index is 0.452. The molecule has 1 aliphatic heterocycles. The number of aromatic nitrogens is 3. The van der Waals surface area contributed by atoms with Gasteiger partial charge in [0.2, 0.25) is 5.88 Å². The number of methoxy groups -OCH3 is 1. The second-order valence-corrected chi connectivity index (χ2v) is 6.62. The molecule has 0 bridgehead atoms. The molecule has 0 amide bonds. The van der Waals surface area contributed by atoms with Crippen LogP contribution in [0.1, 0.15) is 12.0 Å². The van der Waals surface area contributed by atoms with Gasteiger partial charge in [-0.1, -0.05) is 0 Å². The summed E-state index contributed by atoms with van der Waals surface area (Å²) in [4.78, 5) is 19.6. The lowest BCUT2D eigenvalue weighted by Crippen LogP contribution is -2.35. The number of likely N-dealkylation sites (N-methyl/N-ethyl adjacent to an activating group) is 1. The van der Waals surface area contributed by atoms with Crippen LogP contribution in [0.3, 0.4) is 0 Å². The quantitative estimate of drug-likeness (QED) is 0.791. The summed E-state index contributed by atoms with van der Waals surface area (Å²) in [5.41, 5.74) is 1.23. The first-order valence-corrected chi connectivity index (χ1v) is 8.50. The van der Waals surface area contributed by atoms with E-state index in [2.05, 4.69) is 31.8 Å². The largest absolute Gasteiger partial charge is 0.481 e. The summed E-state index contributed by atoms with van der Waals surface area (Å²) in [5.74, 6) is 2.56. The van der Waals surface area contributed by atoms with Gasteiger partial charge in [-0.25, -0.2) is 15.0 Å². The third kappa shape index (κ3) is 4.17. The molecule has 1 unspecified atom stereocenters. The Bertz CT molecular complexity index is 707. The highest BCUT2D eigenvalue weighted by Gasteiger charge is 2.26. The molecule has 2 aromatic rings. The van der Waals surface area contributed by atoms with E-state index in [0.29, 0.717) is 11.9 Å². The molecule has 1 atom stereocenters. The van der Waals surface area contributed by atoms with Gasteiger partial charge < -0.3 is 14.5 Å². The zero-order chi connectivity index (χ0) is 17.8. The van der Waals surface area contributed by atoms with Crippen molar-refractivity contribution < 1.29 is 4.74 Å². The van der Waals surface area contributed by atoms with Crippen LogP contribution < -0.4 is 14.5 Å². The van der Waals surface area contributed by atoms with Crippen molar-refractivity contribution >= 4 is 11.6 Å². The van der Waals surface area contributed by atoms with E-state index < -0.39 is 0 Å². The van der Waals surface area contributed by atoms with Crippen LogP contribution in [0.2, 0.25) is 0 Å². The van der Waals surface area contributed by atoms with Gasteiger partial charge >= 0.3 is 0 Å². The Morgan fingerprint density at radius 1 is 1.16 bits per heavy atom. The Balaban J connectivity index is 1.63. The molecule has 7 nitrogen and oxygen atoms in total. The molecule has 3 rings (SSSR count). The third-order valence-corrected chi connectivity index (χ3v) is 4.67. The Hall–Kier alpha value is -2.41. The molecule has 0 saturated carbocycles. The van der Waals surface area contributed by atoms with Crippen LogP contribution in [0.4, 0.5) is 11.6 Å². The van der Waals surface area contributed by atoms with Crippen molar-refractivity contribution in [1.29, 1.82) is 0 Å². The van der Waals surface area contributed by atoms with Crippen LogP contribution in [-0.4, -0.2) is 67.2 Å². The van der Waals surface area contributed by atoms with Crippen molar-refractivity contribution in [1.82, 2.24) is 19.9 Å². The highest BCUT2D eigenvalue weighted by Crippen LogP contribution is 2.23. The number of likely N-dealkylation sites (tertiary alicyclic amines) is 1. The van der Waals surface area contributed by atoms with Gasteiger partial charge in [0.1, 0.15) is 18.0 Å². The second-order valence-electron chi connectivity index (χ2n) is 6.62. The number of hydrogen-bond acceptors (Lipinski definition) is 7. The summed E-state index contributed by atoms with van der Waals surface area (Å²) in [6, 6.07) is 6.54. The highest BCUT2D eigenvalue weighted by molar-refractivity contribution is 5.49. The molecule has 0 spiro atoms. The lowest BCUT2D eigenvalue weighted by Gasteiger charge is -2.26. The van der Waals surface area contributed by atoms with Crippen molar-refractivity contribution in [3.63, 3.8) is 0 Å². The van der Waals surface area contributed by atoms with E-state index in [1.54, 1.807) is 19.6 Å². The number of anilines is 2. The summed E-state index contributed by atoms with van der Waals surface area (Å²) >= 11 is 0. The average Bonchev–Trinajstić information content (AvgIpc) is 3.09. The maximum atomic E-state index is 5.21. The Morgan fingerprint density at radius 3 is 2.72 bits per heavy atom. The molecule has 0 aliphatic carbocycles. The van der Waals surface area contributed by atoms with E-state index >= 15 is 0 Å². The van der Waals surface area contributed by atoms with Gasteiger partial charge in [0.15, 0.2) is 0 Å². The lowest BCUT2D eigenvalue weighted by atomic mass is 10.2. The first-order valence-electron chi connectivity index (χ1n) is 8.50. The highest BCUT2D eigenvalue weighted by atomic mass is 16.5. The van der Waals surface area contributed by atoms with Crippen molar-refractivity contribution in [2.45, 2.75) is 19.0 Å². The number of rotatable bonds is 6. The first-order chi connectivity index (χ1) is 12.1. The molecule has 25 heavy (non-hydrogen) atoms. The lowest BCUT2D eigenvalue weighted by molar-refractivity contribution is 0.324. The Morgan fingerprint density at radius 2 is 1.96 bits per heavy atom. The monoisotopic (exact) mass is 342 g/mol. The molecule has 1 aliphatic rings. The molecular formula is C18H26N6O. The Kier molecular flexibility index (Phi) is 5.33. The second kappa shape index (κ2) is 7.65. The van der Waals surface area contributed by atoms with Gasteiger partial charge in [0, 0.05) is 65.1 Å².